The number of aliphatic hydroxyl groups excluding tert-OH is 1. The van der Waals surface area contributed by atoms with Crippen LogP contribution in [0.3, 0.4) is 0 Å². The fourth-order valence-corrected chi connectivity index (χ4v) is 3.20. The Bertz CT molecular complexity index is 580. The number of ether oxygens (including phenoxy) is 3. The molecule has 0 aromatic heterocycles. The van der Waals surface area contributed by atoms with Gasteiger partial charge in [-0.15, -0.1) is 0 Å². The molecule has 24 heavy (non-hydrogen) atoms. The third-order valence-corrected chi connectivity index (χ3v) is 4.40. The van der Waals surface area contributed by atoms with E-state index >= 15 is 0 Å². The maximum Gasteiger partial charge on any atom is 0.234 e. The maximum atomic E-state index is 11.5. The fraction of sp³-hybridized carbons (Fsp3) is 0.588. The summed E-state index contributed by atoms with van der Waals surface area (Å²) in [5, 5.41) is 10.2. The Labute approximate surface area is 141 Å². The van der Waals surface area contributed by atoms with E-state index in [4.69, 9.17) is 19.9 Å². The van der Waals surface area contributed by atoms with E-state index in [9.17, 15) is 9.90 Å². The lowest BCUT2D eigenvalue weighted by Gasteiger charge is -2.34. The number of primary amides is 1. The van der Waals surface area contributed by atoms with Crippen molar-refractivity contribution in [3.63, 3.8) is 0 Å². The summed E-state index contributed by atoms with van der Waals surface area (Å²) < 4.78 is 16.2. The molecular weight excluding hydrogens is 312 g/mol. The van der Waals surface area contributed by atoms with Gasteiger partial charge >= 0.3 is 0 Å². The number of amides is 1. The molecule has 0 saturated carbocycles. The van der Waals surface area contributed by atoms with Crippen molar-refractivity contribution in [1.29, 1.82) is 0 Å². The molecule has 1 aromatic rings. The van der Waals surface area contributed by atoms with E-state index in [0.717, 1.165) is 37.1 Å². The number of likely N-dealkylation sites (tertiary alicyclic amines) is 1. The van der Waals surface area contributed by atoms with Gasteiger partial charge in [0.1, 0.15) is 0 Å². The Morgan fingerprint density at radius 2 is 2.21 bits per heavy atom. The normalized spacial score (nSPS) is 21.6. The second kappa shape index (κ2) is 7.83. The van der Waals surface area contributed by atoms with E-state index in [0.29, 0.717) is 18.9 Å². The van der Waals surface area contributed by atoms with Gasteiger partial charge < -0.3 is 25.1 Å². The fourth-order valence-electron chi connectivity index (χ4n) is 3.20. The minimum absolute atomic E-state index is 0.205. The molecule has 0 spiro atoms. The summed E-state index contributed by atoms with van der Waals surface area (Å²) >= 11 is 0. The molecule has 2 heterocycles. The highest BCUT2D eigenvalue weighted by Gasteiger charge is 2.28. The van der Waals surface area contributed by atoms with Crippen LogP contribution in [0.1, 0.15) is 24.8 Å². The number of hydrogen-bond donors (Lipinski definition) is 2. The van der Waals surface area contributed by atoms with Gasteiger partial charge in [-0.3, -0.25) is 9.69 Å². The number of fused-ring (bicyclic) bond motifs is 1. The predicted octanol–water partition coefficient (Wildman–Crippen LogP) is 0.633. The van der Waals surface area contributed by atoms with Crippen LogP contribution in [0.5, 0.6) is 11.5 Å². The minimum Gasteiger partial charge on any atom is -0.454 e. The molecule has 2 atom stereocenters. The molecular formula is C17H24N2O5. The summed E-state index contributed by atoms with van der Waals surface area (Å²) in [6, 6.07) is 5.36. The SMILES string of the molecule is NC(=O)[C@H]1CCCCN1C[C@H](O)COCc1ccc2c(c1)OCO2. The molecule has 1 fully saturated rings. The van der Waals surface area contributed by atoms with Crippen LogP contribution in [0.15, 0.2) is 18.2 Å². The van der Waals surface area contributed by atoms with Crippen LogP contribution in [-0.4, -0.2) is 54.5 Å². The number of nitrogens with two attached hydrogens (primary N) is 1. The average Bonchev–Trinajstić information content (AvgIpc) is 3.03. The third-order valence-electron chi connectivity index (χ3n) is 4.40. The van der Waals surface area contributed by atoms with Crippen LogP contribution < -0.4 is 15.2 Å². The van der Waals surface area contributed by atoms with Gasteiger partial charge in [0.15, 0.2) is 11.5 Å². The second-order valence-electron chi connectivity index (χ2n) is 6.27. The van der Waals surface area contributed by atoms with Crippen molar-refractivity contribution in [3.8, 4) is 11.5 Å². The van der Waals surface area contributed by atoms with Gasteiger partial charge in [-0.05, 0) is 37.1 Å². The van der Waals surface area contributed by atoms with Crippen LogP contribution in [0.25, 0.3) is 0 Å². The molecule has 1 saturated heterocycles. The Balaban J connectivity index is 1.43. The van der Waals surface area contributed by atoms with E-state index in [1.165, 1.54) is 0 Å². The molecule has 0 aliphatic carbocycles. The Kier molecular flexibility index (Phi) is 5.55. The van der Waals surface area contributed by atoms with Gasteiger partial charge in [0.25, 0.3) is 0 Å². The van der Waals surface area contributed by atoms with Crippen LogP contribution in [0.4, 0.5) is 0 Å². The zero-order chi connectivity index (χ0) is 16.9. The van der Waals surface area contributed by atoms with E-state index < -0.39 is 6.10 Å². The minimum atomic E-state index is -0.654. The van der Waals surface area contributed by atoms with Crippen molar-refractivity contribution in [1.82, 2.24) is 4.90 Å². The molecule has 0 radical (unpaired) electrons. The molecule has 132 valence electrons. The molecule has 0 bridgehead atoms. The molecule has 2 aliphatic rings. The van der Waals surface area contributed by atoms with Crippen LogP contribution in [0.2, 0.25) is 0 Å². The van der Waals surface area contributed by atoms with Gasteiger partial charge in [0.2, 0.25) is 12.7 Å². The zero-order valence-corrected chi connectivity index (χ0v) is 13.6. The van der Waals surface area contributed by atoms with E-state index in [-0.39, 0.29) is 25.3 Å². The summed E-state index contributed by atoms with van der Waals surface area (Å²) in [6.45, 7) is 2.01. The Hall–Kier alpha value is -1.83. The standard InChI is InChI=1S/C17H24N2O5/c18-17(21)14-3-1-2-6-19(14)8-13(20)10-22-9-12-4-5-15-16(7-12)24-11-23-15/h4-5,7,13-14,20H,1-3,6,8-11H2,(H2,18,21)/t13-,14+/m0/s1. The highest BCUT2D eigenvalue weighted by atomic mass is 16.7. The number of nitrogens with zero attached hydrogens (tertiary/aromatic N) is 1. The van der Waals surface area contributed by atoms with Gasteiger partial charge in [-0.1, -0.05) is 12.5 Å². The highest BCUT2D eigenvalue weighted by molar-refractivity contribution is 5.79. The molecule has 7 heteroatoms. The van der Waals surface area contributed by atoms with Gasteiger partial charge in [-0.25, -0.2) is 0 Å². The lowest BCUT2D eigenvalue weighted by molar-refractivity contribution is -0.125. The lowest BCUT2D eigenvalue weighted by Crippen LogP contribution is -2.50. The molecule has 1 amide bonds. The van der Waals surface area contributed by atoms with E-state index in [1.807, 2.05) is 23.1 Å². The van der Waals surface area contributed by atoms with Crippen molar-refractivity contribution in [2.75, 3.05) is 26.5 Å². The summed E-state index contributed by atoms with van der Waals surface area (Å²) in [5.74, 6) is 1.14. The number of carbonyl (C=O) groups is 1. The first kappa shape index (κ1) is 17.0. The molecule has 0 unspecified atom stereocenters. The topological polar surface area (TPSA) is 94.3 Å². The second-order valence-corrected chi connectivity index (χ2v) is 6.27. The summed E-state index contributed by atoms with van der Waals surface area (Å²) in [4.78, 5) is 13.4. The van der Waals surface area contributed by atoms with E-state index in [1.54, 1.807) is 0 Å². The van der Waals surface area contributed by atoms with Crippen molar-refractivity contribution in [3.05, 3.63) is 23.8 Å². The quantitative estimate of drug-likeness (QED) is 0.759. The third kappa shape index (κ3) is 4.17. The summed E-state index contributed by atoms with van der Waals surface area (Å²) in [7, 11) is 0. The molecule has 7 nitrogen and oxygen atoms in total. The van der Waals surface area contributed by atoms with Gasteiger partial charge in [0.05, 0.1) is 25.4 Å². The molecule has 3 N–H and O–H groups in total. The van der Waals surface area contributed by atoms with Crippen molar-refractivity contribution >= 4 is 5.91 Å². The number of hydrogen-bond acceptors (Lipinski definition) is 6. The molecule has 1 aromatic carbocycles. The number of piperidine rings is 1. The monoisotopic (exact) mass is 336 g/mol. The number of rotatable bonds is 7. The van der Waals surface area contributed by atoms with Crippen LogP contribution in [0, 0.1) is 0 Å². The Morgan fingerprint density at radius 1 is 1.38 bits per heavy atom. The lowest BCUT2D eigenvalue weighted by atomic mass is 10.0. The Morgan fingerprint density at radius 3 is 3.04 bits per heavy atom. The number of β-amino-alcohol motifs (C(OH)–C–C–N with tert-alkyl or cyclic N) is 1. The smallest absolute Gasteiger partial charge is 0.234 e. The first-order chi connectivity index (χ1) is 11.6. The number of aliphatic hydroxyl groups is 1. The molecule has 2 aliphatic heterocycles. The van der Waals surface area contributed by atoms with Crippen LogP contribution in [-0.2, 0) is 16.1 Å². The zero-order valence-electron chi connectivity index (χ0n) is 13.6. The van der Waals surface area contributed by atoms with Gasteiger partial charge in [0, 0.05) is 6.54 Å². The largest absolute Gasteiger partial charge is 0.454 e. The number of carbonyl (C=O) groups excluding carboxylic acids is 1. The number of benzene rings is 1. The van der Waals surface area contributed by atoms with Crippen molar-refractivity contribution in [2.45, 2.75) is 38.0 Å². The van der Waals surface area contributed by atoms with E-state index in [2.05, 4.69) is 0 Å². The average molecular weight is 336 g/mol. The summed E-state index contributed by atoms with van der Waals surface area (Å²) in [5.41, 5.74) is 6.40. The van der Waals surface area contributed by atoms with Crippen molar-refractivity contribution in [2.24, 2.45) is 5.73 Å². The van der Waals surface area contributed by atoms with Crippen LogP contribution >= 0.6 is 0 Å². The maximum absolute atomic E-state index is 11.5. The molecule has 3 rings (SSSR count). The predicted molar refractivity (Wildman–Crippen MR) is 86.6 cm³/mol. The first-order valence-electron chi connectivity index (χ1n) is 8.31. The first-order valence-corrected chi connectivity index (χ1v) is 8.31. The van der Waals surface area contributed by atoms with Crippen molar-refractivity contribution < 1.29 is 24.1 Å². The van der Waals surface area contributed by atoms with Gasteiger partial charge in [-0.2, -0.15) is 0 Å². The highest BCUT2D eigenvalue weighted by Crippen LogP contribution is 2.32. The summed E-state index contributed by atoms with van der Waals surface area (Å²) in [6.07, 6.45) is 2.13.